The zero-order chi connectivity index (χ0) is 13.1. The molecule has 0 spiro atoms. The van der Waals surface area contributed by atoms with Crippen molar-refractivity contribution in [2.45, 2.75) is 12.8 Å². The largest absolute Gasteiger partial charge is 0.353 e. The number of rotatable bonds is 0. The molecule has 2 heterocycles. The van der Waals surface area contributed by atoms with Crippen molar-refractivity contribution in [3.05, 3.63) is 52.9 Å². The minimum Gasteiger partial charge on any atom is -0.353 e. The van der Waals surface area contributed by atoms with Gasteiger partial charge in [-0.2, -0.15) is 0 Å². The van der Waals surface area contributed by atoms with Crippen molar-refractivity contribution >= 4 is 49.3 Å². The van der Waals surface area contributed by atoms with Crippen LogP contribution in [0.3, 0.4) is 0 Å². The van der Waals surface area contributed by atoms with E-state index in [-0.39, 0.29) is 0 Å². The van der Waals surface area contributed by atoms with Crippen LogP contribution in [0.15, 0.2) is 42.5 Å². The lowest BCUT2D eigenvalue weighted by Crippen LogP contribution is -1.88. The van der Waals surface area contributed by atoms with Crippen LogP contribution in [0, 0.1) is 0 Å². The Bertz CT molecular complexity index is 1000. The SMILES string of the molecule is C1=Cc2sc3c(ccc4c5ccccc5[nH]c43)c2CC1. The normalized spacial score (nSPS) is 14.4. The quantitative estimate of drug-likeness (QED) is 0.436. The average molecular weight is 275 g/mol. The molecule has 4 aromatic rings. The number of thiophene rings is 1. The summed E-state index contributed by atoms with van der Waals surface area (Å²) in [6, 6.07) is 13.2. The van der Waals surface area contributed by atoms with E-state index < -0.39 is 0 Å². The predicted molar refractivity (Wildman–Crippen MR) is 88.5 cm³/mol. The van der Waals surface area contributed by atoms with Gasteiger partial charge in [0.05, 0.1) is 10.2 Å². The van der Waals surface area contributed by atoms with Crippen molar-refractivity contribution in [3.63, 3.8) is 0 Å². The first-order valence-electron chi connectivity index (χ1n) is 7.03. The molecule has 1 aliphatic rings. The topological polar surface area (TPSA) is 15.8 Å². The first-order chi connectivity index (χ1) is 9.92. The van der Waals surface area contributed by atoms with E-state index in [9.17, 15) is 0 Å². The van der Waals surface area contributed by atoms with Crippen LogP contribution in [0.2, 0.25) is 0 Å². The Kier molecular flexibility index (Phi) is 2.00. The predicted octanol–water partition coefficient (Wildman–Crippen LogP) is 5.50. The van der Waals surface area contributed by atoms with Crippen molar-refractivity contribution in [1.29, 1.82) is 0 Å². The van der Waals surface area contributed by atoms with E-state index in [1.165, 1.54) is 55.2 Å². The lowest BCUT2D eigenvalue weighted by molar-refractivity contribution is 1.01. The number of H-pyrrole nitrogens is 1. The molecule has 2 aromatic heterocycles. The zero-order valence-electron chi connectivity index (χ0n) is 10.9. The molecule has 1 aliphatic carbocycles. The van der Waals surface area contributed by atoms with Gasteiger partial charge in [-0.25, -0.2) is 0 Å². The van der Waals surface area contributed by atoms with E-state index in [4.69, 9.17) is 0 Å². The van der Waals surface area contributed by atoms with Gasteiger partial charge in [-0.1, -0.05) is 36.4 Å². The fraction of sp³-hybridized carbons (Fsp3) is 0.111. The molecule has 2 heteroatoms. The van der Waals surface area contributed by atoms with Crippen LogP contribution in [0.1, 0.15) is 16.9 Å². The van der Waals surface area contributed by atoms with Gasteiger partial charge in [0.1, 0.15) is 0 Å². The molecule has 0 atom stereocenters. The molecule has 0 bridgehead atoms. The highest BCUT2D eigenvalue weighted by Gasteiger charge is 2.16. The number of benzene rings is 2. The zero-order valence-corrected chi connectivity index (χ0v) is 11.8. The van der Waals surface area contributed by atoms with Crippen LogP contribution in [0.4, 0.5) is 0 Å². The molecule has 0 unspecified atom stereocenters. The molecular formula is C18H13NS. The highest BCUT2D eigenvalue weighted by atomic mass is 32.1. The van der Waals surface area contributed by atoms with Crippen LogP contribution in [0.5, 0.6) is 0 Å². The third kappa shape index (κ3) is 1.27. The number of aromatic amines is 1. The first kappa shape index (κ1) is 10.7. The Morgan fingerprint density at radius 1 is 0.950 bits per heavy atom. The van der Waals surface area contributed by atoms with Crippen molar-refractivity contribution < 1.29 is 0 Å². The molecule has 1 N–H and O–H groups in total. The van der Waals surface area contributed by atoms with Crippen LogP contribution in [0.25, 0.3) is 38.0 Å². The molecule has 5 rings (SSSR count). The Balaban J connectivity index is 2.01. The maximum atomic E-state index is 3.62. The number of para-hydroxylation sites is 1. The number of hydrogen-bond acceptors (Lipinski definition) is 1. The molecule has 0 amide bonds. The van der Waals surface area contributed by atoms with E-state index in [0.29, 0.717) is 0 Å². The lowest BCUT2D eigenvalue weighted by Gasteiger charge is -2.04. The standard InChI is InChI=1S/C18H13NS/c1-3-7-15-11(5-1)13-9-10-14-12-6-2-4-8-16(12)20-18(14)17(13)19-15/h1,3-5,7-10,19H,2,6H2. The van der Waals surface area contributed by atoms with E-state index >= 15 is 0 Å². The van der Waals surface area contributed by atoms with Crippen LogP contribution in [-0.2, 0) is 6.42 Å². The van der Waals surface area contributed by atoms with Crippen molar-refractivity contribution in [2.75, 3.05) is 0 Å². The van der Waals surface area contributed by atoms with Gasteiger partial charge in [0.25, 0.3) is 0 Å². The van der Waals surface area contributed by atoms with Gasteiger partial charge in [-0.3, -0.25) is 0 Å². The summed E-state index contributed by atoms with van der Waals surface area (Å²) in [6.45, 7) is 0. The van der Waals surface area contributed by atoms with Gasteiger partial charge < -0.3 is 4.98 Å². The van der Waals surface area contributed by atoms with E-state index in [2.05, 4.69) is 53.5 Å². The third-order valence-corrected chi connectivity index (χ3v) is 5.53. The highest BCUT2D eigenvalue weighted by molar-refractivity contribution is 7.21. The number of aryl methyl sites for hydroxylation is 1. The lowest BCUT2D eigenvalue weighted by atomic mass is 10.0. The van der Waals surface area contributed by atoms with Crippen LogP contribution in [-0.4, -0.2) is 4.98 Å². The molecule has 96 valence electrons. The molecule has 0 radical (unpaired) electrons. The monoisotopic (exact) mass is 275 g/mol. The van der Waals surface area contributed by atoms with Crippen LogP contribution < -0.4 is 0 Å². The van der Waals surface area contributed by atoms with Crippen molar-refractivity contribution in [1.82, 2.24) is 4.98 Å². The van der Waals surface area contributed by atoms with Gasteiger partial charge in [-0.15, -0.1) is 11.3 Å². The number of allylic oxidation sites excluding steroid dienone is 1. The molecule has 2 aromatic carbocycles. The summed E-state index contributed by atoms with van der Waals surface area (Å²) in [4.78, 5) is 5.06. The van der Waals surface area contributed by atoms with Gasteiger partial charge in [0.15, 0.2) is 0 Å². The Morgan fingerprint density at radius 2 is 1.85 bits per heavy atom. The van der Waals surface area contributed by atoms with Gasteiger partial charge in [0.2, 0.25) is 0 Å². The van der Waals surface area contributed by atoms with Gasteiger partial charge in [0, 0.05) is 21.2 Å². The van der Waals surface area contributed by atoms with Crippen LogP contribution >= 0.6 is 11.3 Å². The summed E-state index contributed by atoms with van der Waals surface area (Å²) in [5.74, 6) is 0. The number of fused-ring (bicyclic) bond motifs is 7. The summed E-state index contributed by atoms with van der Waals surface area (Å²) in [5, 5.41) is 4.11. The van der Waals surface area contributed by atoms with E-state index in [1.54, 1.807) is 0 Å². The fourth-order valence-electron chi connectivity index (χ4n) is 3.35. The number of nitrogens with one attached hydrogen (secondary N) is 1. The third-order valence-electron chi connectivity index (χ3n) is 4.30. The summed E-state index contributed by atoms with van der Waals surface area (Å²) < 4.78 is 1.41. The number of aromatic nitrogens is 1. The Labute approximate surface area is 120 Å². The highest BCUT2D eigenvalue weighted by Crippen LogP contribution is 2.40. The number of hydrogen-bond donors (Lipinski definition) is 1. The van der Waals surface area contributed by atoms with Crippen molar-refractivity contribution in [3.8, 4) is 0 Å². The first-order valence-corrected chi connectivity index (χ1v) is 7.85. The van der Waals surface area contributed by atoms with E-state index in [0.717, 1.165) is 0 Å². The Hall–Kier alpha value is -2.06. The Morgan fingerprint density at radius 3 is 2.85 bits per heavy atom. The summed E-state index contributed by atoms with van der Waals surface area (Å²) in [6.07, 6.45) is 6.93. The second-order valence-corrected chi connectivity index (χ2v) is 6.47. The second-order valence-electron chi connectivity index (χ2n) is 5.42. The summed E-state index contributed by atoms with van der Waals surface area (Å²) in [7, 11) is 0. The molecule has 0 aliphatic heterocycles. The molecule has 20 heavy (non-hydrogen) atoms. The minimum absolute atomic E-state index is 1.17. The molecule has 1 nitrogen and oxygen atoms in total. The second kappa shape index (κ2) is 3.74. The average Bonchev–Trinajstić information content (AvgIpc) is 3.05. The smallest absolute Gasteiger partial charge is 0.0646 e. The molecule has 0 saturated carbocycles. The fourth-order valence-corrected chi connectivity index (χ4v) is 4.63. The minimum atomic E-state index is 1.17. The van der Waals surface area contributed by atoms with Gasteiger partial charge in [-0.05, 0) is 35.9 Å². The van der Waals surface area contributed by atoms with E-state index in [1.807, 2.05) is 11.3 Å². The molecular weight excluding hydrogens is 262 g/mol. The molecule has 0 saturated heterocycles. The molecule has 0 fully saturated rings. The summed E-state index contributed by atoms with van der Waals surface area (Å²) >= 11 is 1.93. The van der Waals surface area contributed by atoms with Crippen molar-refractivity contribution in [2.24, 2.45) is 0 Å². The maximum Gasteiger partial charge on any atom is 0.0646 e. The maximum absolute atomic E-state index is 3.62. The van der Waals surface area contributed by atoms with Gasteiger partial charge >= 0.3 is 0 Å². The summed E-state index contributed by atoms with van der Waals surface area (Å²) in [5.41, 5.74) is 4.07.